The Labute approximate surface area is 222 Å². The summed E-state index contributed by atoms with van der Waals surface area (Å²) in [6.07, 6.45) is 4.13. The molecular weight excluding hydrogens is 520 g/mol. The number of hydrogen-bond acceptors (Lipinski definition) is 7. The second-order valence-electron chi connectivity index (χ2n) is 9.30. The average Bonchev–Trinajstić information content (AvgIpc) is 3.25. The van der Waals surface area contributed by atoms with Crippen molar-refractivity contribution in [1.29, 1.82) is 0 Å². The maximum Gasteiger partial charge on any atom is 0.245 e. The number of anilines is 1. The zero-order valence-corrected chi connectivity index (χ0v) is 21.8. The van der Waals surface area contributed by atoms with Crippen LogP contribution < -0.4 is 15.4 Å². The largest absolute Gasteiger partial charge is 0.486 e. The van der Waals surface area contributed by atoms with Gasteiger partial charge in [0.1, 0.15) is 23.1 Å². The van der Waals surface area contributed by atoms with Crippen LogP contribution in [0, 0.1) is 5.82 Å². The van der Waals surface area contributed by atoms with E-state index in [-0.39, 0.29) is 24.8 Å². The second-order valence-corrected chi connectivity index (χ2v) is 10.1. The number of nitrogens with one attached hydrogen (secondary N) is 1. The number of nitrogens with two attached hydrogens (primary N) is 1. The van der Waals surface area contributed by atoms with Crippen molar-refractivity contribution < 1.29 is 13.9 Å². The summed E-state index contributed by atoms with van der Waals surface area (Å²) in [5.74, 6) is -0.0390. The summed E-state index contributed by atoms with van der Waals surface area (Å²) in [6.45, 7) is 2.20. The quantitative estimate of drug-likeness (QED) is 0.374. The predicted octanol–water partition coefficient (Wildman–Crippen LogP) is 4.21. The molecule has 3 aromatic heterocycles. The van der Waals surface area contributed by atoms with E-state index in [1.54, 1.807) is 31.3 Å². The van der Waals surface area contributed by atoms with Crippen LogP contribution >= 0.6 is 23.2 Å². The Morgan fingerprint density at radius 2 is 1.92 bits per heavy atom. The molecule has 4 heterocycles. The first-order valence-corrected chi connectivity index (χ1v) is 12.2. The van der Waals surface area contributed by atoms with Crippen molar-refractivity contribution in [3.63, 3.8) is 0 Å². The highest BCUT2D eigenvalue weighted by molar-refractivity contribution is 6.35. The molecule has 1 atom stereocenters. The molecule has 0 aliphatic carbocycles. The maximum atomic E-state index is 15.1. The van der Waals surface area contributed by atoms with Crippen molar-refractivity contribution in [2.45, 2.75) is 18.6 Å². The van der Waals surface area contributed by atoms with Gasteiger partial charge in [0.15, 0.2) is 11.6 Å². The fraction of sp³-hybridized carbons (Fsp3) is 0.280. The molecule has 1 aliphatic rings. The molecule has 0 bridgehead atoms. The van der Waals surface area contributed by atoms with Gasteiger partial charge in [-0.25, -0.2) is 9.37 Å². The molecule has 0 spiro atoms. The fourth-order valence-electron chi connectivity index (χ4n) is 4.52. The Bertz CT molecular complexity index is 1480. The number of benzene rings is 1. The Hall–Kier alpha value is -3.47. The van der Waals surface area contributed by atoms with Gasteiger partial charge in [-0.2, -0.15) is 5.10 Å². The number of aromatic amines is 1. The third kappa shape index (κ3) is 4.56. The Morgan fingerprint density at radius 1 is 1.22 bits per heavy atom. The molecule has 0 unspecified atom stereocenters. The van der Waals surface area contributed by atoms with Gasteiger partial charge in [-0.1, -0.05) is 23.2 Å². The first-order valence-electron chi connectivity index (χ1n) is 11.4. The molecule has 1 aliphatic heterocycles. The number of amides is 1. The lowest BCUT2D eigenvalue weighted by molar-refractivity contribution is -0.135. The highest BCUT2D eigenvalue weighted by atomic mass is 35.5. The van der Waals surface area contributed by atoms with Crippen LogP contribution in [0.4, 0.5) is 10.2 Å². The summed E-state index contributed by atoms with van der Waals surface area (Å²) in [5, 5.41) is 8.87. The van der Waals surface area contributed by atoms with E-state index in [2.05, 4.69) is 20.2 Å². The van der Waals surface area contributed by atoms with E-state index < -0.39 is 17.5 Å². The van der Waals surface area contributed by atoms with Crippen molar-refractivity contribution in [3.8, 4) is 17.0 Å². The summed E-state index contributed by atoms with van der Waals surface area (Å²) in [7, 11) is 3.28. The smallest absolute Gasteiger partial charge is 0.245 e. The van der Waals surface area contributed by atoms with Gasteiger partial charge >= 0.3 is 0 Å². The van der Waals surface area contributed by atoms with E-state index in [4.69, 9.17) is 33.7 Å². The van der Waals surface area contributed by atoms with Gasteiger partial charge in [-0.3, -0.25) is 14.9 Å². The third-order valence-corrected chi connectivity index (χ3v) is 6.92. The number of nitrogens with zero attached hydrogens (tertiary/aromatic N) is 5. The SMILES string of the molecule is C[C@@H](Oc1ccc2[nH]nc(-c3cnc(N4CC(N)(C(=O)N(C)C)C4)c(F)c3)c2c1)c1c(Cl)cncc1Cl. The summed E-state index contributed by atoms with van der Waals surface area (Å²) in [5.41, 5.74) is 7.51. The van der Waals surface area contributed by atoms with Gasteiger partial charge in [0.2, 0.25) is 5.91 Å². The monoisotopic (exact) mass is 543 g/mol. The van der Waals surface area contributed by atoms with Gasteiger partial charge < -0.3 is 20.3 Å². The van der Waals surface area contributed by atoms with Crippen molar-refractivity contribution in [2.24, 2.45) is 5.73 Å². The van der Waals surface area contributed by atoms with E-state index >= 15 is 4.39 Å². The lowest BCUT2D eigenvalue weighted by Crippen LogP contribution is -2.74. The number of likely N-dealkylation sites (N-methyl/N-ethyl adjacent to an activating group) is 1. The lowest BCUT2D eigenvalue weighted by atomic mass is 9.89. The molecule has 1 fully saturated rings. The molecule has 1 saturated heterocycles. The van der Waals surface area contributed by atoms with E-state index in [0.717, 1.165) is 10.9 Å². The molecule has 9 nitrogen and oxygen atoms in total. The number of H-pyrrole nitrogens is 1. The molecule has 192 valence electrons. The maximum absolute atomic E-state index is 15.1. The zero-order chi connectivity index (χ0) is 26.5. The third-order valence-electron chi connectivity index (χ3n) is 6.32. The molecule has 4 aromatic rings. The summed E-state index contributed by atoms with van der Waals surface area (Å²) >= 11 is 12.5. The van der Waals surface area contributed by atoms with Gasteiger partial charge in [-0.15, -0.1) is 0 Å². The van der Waals surface area contributed by atoms with Crippen LogP contribution in [-0.2, 0) is 4.79 Å². The minimum atomic E-state index is -1.05. The first-order chi connectivity index (χ1) is 17.6. The molecule has 1 amide bonds. The van der Waals surface area contributed by atoms with Gasteiger partial charge in [0.25, 0.3) is 0 Å². The minimum Gasteiger partial charge on any atom is -0.486 e. The molecule has 12 heteroatoms. The van der Waals surface area contributed by atoms with Gasteiger partial charge in [0.05, 0.1) is 15.6 Å². The van der Waals surface area contributed by atoms with Crippen molar-refractivity contribution in [3.05, 3.63) is 64.3 Å². The van der Waals surface area contributed by atoms with Crippen LogP contribution in [0.25, 0.3) is 22.2 Å². The molecule has 37 heavy (non-hydrogen) atoms. The predicted molar refractivity (Wildman–Crippen MR) is 140 cm³/mol. The number of halogens is 3. The number of carbonyl (C=O) groups is 1. The second kappa shape index (κ2) is 9.44. The van der Waals surface area contributed by atoms with Crippen LogP contribution in [0.3, 0.4) is 0 Å². The summed E-state index contributed by atoms with van der Waals surface area (Å²) < 4.78 is 21.2. The lowest BCUT2D eigenvalue weighted by Gasteiger charge is -2.47. The van der Waals surface area contributed by atoms with Crippen molar-refractivity contribution in [1.82, 2.24) is 25.1 Å². The number of aromatic nitrogens is 4. The highest BCUT2D eigenvalue weighted by Crippen LogP contribution is 2.36. The zero-order valence-electron chi connectivity index (χ0n) is 20.3. The molecule has 1 aromatic carbocycles. The molecule has 0 saturated carbocycles. The molecule has 0 radical (unpaired) electrons. The van der Waals surface area contributed by atoms with Crippen LogP contribution in [0.1, 0.15) is 18.6 Å². The number of hydrogen-bond donors (Lipinski definition) is 2. The van der Waals surface area contributed by atoms with Crippen LogP contribution in [0.2, 0.25) is 10.0 Å². The normalized spacial score (nSPS) is 15.4. The van der Waals surface area contributed by atoms with Gasteiger partial charge in [-0.05, 0) is 31.2 Å². The number of fused-ring (bicyclic) bond motifs is 1. The van der Waals surface area contributed by atoms with E-state index in [9.17, 15) is 4.79 Å². The fourth-order valence-corrected chi connectivity index (χ4v) is 5.19. The van der Waals surface area contributed by atoms with Crippen LogP contribution in [0.15, 0.2) is 42.9 Å². The molecular formula is C25H24Cl2FN7O2. The van der Waals surface area contributed by atoms with Crippen LogP contribution in [0.5, 0.6) is 5.75 Å². The first kappa shape index (κ1) is 25.2. The summed E-state index contributed by atoms with van der Waals surface area (Å²) in [6, 6.07) is 6.80. The van der Waals surface area contributed by atoms with Crippen molar-refractivity contribution >= 4 is 45.8 Å². The van der Waals surface area contributed by atoms with Crippen LogP contribution in [-0.4, -0.2) is 63.7 Å². The summed E-state index contributed by atoms with van der Waals surface area (Å²) in [4.78, 5) is 23.6. The number of rotatable bonds is 6. The Balaban J connectivity index is 1.39. The standard InChI is InChI=1S/C25H24Cl2FN7O2/c1-13(21-17(26)9-30-10-18(21)27)37-15-4-5-20-16(7-15)22(33-32-20)14-6-19(28)23(31-8-14)35-11-25(29,12-35)24(36)34(2)3/h4-10,13H,11-12,29H2,1-3H3,(H,32,33)/t13-/m1/s1. The van der Waals surface area contributed by atoms with Gasteiger partial charge in [0, 0.05) is 62.3 Å². The van der Waals surface area contributed by atoms with E-state index in [0.29, 0.717) is 32.6 Å². The topological polar surface area (TPSA) is 113 Å². The number of ether oxygens (including phenoxy) is 1. The highest BCUT2D eigenvalue weighted by Gasteiger charge is 2.48. The molecule has 5 rings (SSSR count). The number of pyridine rings is 2. The minimum absolute atomic E-state index is 0.139. The van der Waals surface area contributed by atoms with Crippen molar-refractivity contribution in [2.75, 3.05) is 32.1 Å². The number of carbonyl (C=O) groups excluding carboxylic acids is 1. The van der Waals surface area contributed by atoms with E-state index in [1.165, 1.54) is 23.4 Å². The molecule has 3 N–H and O–H groups in total. The Kier molecular flexibility index (Phi) is 6.43. The average molecular weight is 544 g/mol. The Morgan fingerprint density at radius 3 is 2.57 bits per heavy atom. The van der Waals surface area contributed by atoms with E-state index in [1.807, 2.05) is 19.1 Å².